The Hall–Kier alpha value is -3.02. The van der Waals surface area contributed by atoms with Crippen molar-refractivity contribution in [2.24, 2.45) is 7.05 Å². The number of ether oxygens (including phenoxy) is 3. The second-order valence-corrected chi connectivity index (χ2v) is 4.94. The highest BCUT2D eigenvalue weighted by atomic mass is 16.6. The van der Waals surface area contributed by atoms with Crippen LogP contribution in [0.3, 0.4) is 0 Å². The molecule has 0 amide bonds. The molecule has 2 aromatic carbocycles. The minimum atomic E-state index is -0.476. The summed E-state index contributed by atoms with van der Waals surface area (Å²) >= 11 is 0. The lowest BCUT2D eigenvalue weighted by atomic mass is 10.3. The smallest absolute Gasteiger partial charge is 0.349 e. The predicted molar refractivity (Wildman–Crippen MR) is 84.8 cm³/mol. The zero-order chi connectivity index (χ0) is 16.2. The Labute approximate surface area is 133 Å². The van der Waals surface area contributed by atoms with Gasteiger partial charge in [-0.2, -0.15) is 0 Å². The lowest BCUT2D eigenvalue weighted by molar-refractivity contribution is -0.136. The van der Waals surface area contributed by atoms with Crippen LogP contribution in [0.25, 0.3) is 11.0 Å². The number of imidazole rings is 1. The van der Waals surface area contributed by atoms with Crippen molar-refractivity contribution >= 4 is 17.0 Å². The molecule has 6 nitrogen and oxygen atoms in total. The lowest BCUT2D eigenvalue weighted by Gasteiger charge is -2.07. The molecule has 0 spiro atoms. The number of esters is 1. The Balaban J connectivity index is 1.59. The number of hydrogen-bond acceptors (Lipinski definition) is 5. The first-order chi connectivity index (χ1) is 11.2. The number of hydrogen-bond donors (Lipinski definition) is 0. The highest BCUT2D eigenvalue weighted by Gasteiger charge is 2.08. The first kappa shape index (κ1) is 14.9. The highest BCUT2D eigenvalue weighted by Crippen LogP contribution is 2.20. The summed E-state index contributed by atoms with van der Waals surface area (Å²) in [4.78, 5) is 16.1. The summed E-state index contributed by atoms with van der Waals surface area (Å²) in [5.74, 6) is 1.27. The van der Waals surface area contributed by atoms with Gasteiger partial charge < -0.3 is 18.8 Å². The van der Waals surface area contributed by atoms with Gasteiger partial charge in [0.1, 0.15) is 17.2 Å². The van der Waals surface area contributed by atoms with Gasteiger partial charge in [0.05, 0.1) is 24.5 Å². The molecular weight excluding hydrogens is 296 g/mol. The molecule has 0 saturated carbocycles. The van der Waals surface area contributed by atoms with Gasteiger partial charge in [0.15, 0.2) is 6.61 Å². The van der Waals surface area contributed by atoms with Crippen LogP contribution in [0.1, 0.15) is 0 Å². The van der Waals surface area contributed by atoms with E-state index in [0.29, 0.717) is 11.5 Å². The van der Waals surface area contributed by atoms with Crippen molar-refractivity contribution in [2.75, 3.05) is 13.7 Å². The van der Waals surface area contributed by atoms with Crippen molar-refractivity contribution in [2.45, 2.75) is 0 Å². The molecule has 0 atom stereocenters. The van der Waals surface area contributed by atoms with Gasteiger partial charge in [0, 0.05) is 13.1 Å². The minimum absolute atomic E-state index is 0.174. The molecule has 0 bridgehead atoms. The second kappa shape index (κ2) is 6.39. The van der Waals surface area contributed by atoms with Gasteiger partial charge >= 0.3 is 5.97 Å². The van der Waals surface area contributed by atoms with Crippen molar-refractivity contribution in [3.05, 3.63) is 48.8 Å². The standard InChI is InChI=1S/C17H16N2O4/c1-19-11-18-15-9-14(7-8-16(15)19)23-17(20)10-22-13-5-3-12(21-2)4-6-13/h3-9,11H,10H2,1-2H3. The number of nitrogens with zero attached hydrogens (tertiary/aromatic N) is 2. The highest BCUT2D eigenvalue weighted by molar-refractivity contribution is 5.79. The molecule has 0 N–H and O–H groups in total. The largest absolute Gasteiger partial charge is 0.497 e. The van der Waals surface area contributed by atoms with Crippen molar-refractivity contribution < 1.29 is 19.0 Å². The molecular formula is C17H16N2O4. The summed E-state index contributed by atoms with van der Waals surface area (Å²) < 4.78 is 17.6. The van der Waals surface area contributed by atoms with E-state index in [2.05, 4.69) is 4.98 Å². The van der Waals surface area contributed by atoms with Crippen molar-refractivity contribution in [3.8, 4) is 17.2 Å². The second-order valence-electron chi connectivity index (χ2n) is 4.94. The SMILES string of the molecule is COc1ccc(OCC(=O)Oc2ccc3c(c2)ncn3C)cc1. The molecule has 6 heteroatoms. The number of benzene rings is 2. The summed E-state index contributed by atoms with van der Waals surface area (Å²) in [6.07, 6.45) is 1.71. The third-order valence-electron chi connectivity index (χ3n) is 3.34. The van der Waals surface area contributed by atoms with E-state index in [-0.39, 0.29) is 6.61 Å². The number of rotatable bonds is 5. The number of carbonyl (C=O) groups is 1. The topological polar surface area (TPSA) is 62.6 Å². The van der Waals surface area contributed by atoms with Crippen LogP contribution in [0.4, 0.5) is 0 Å². The van der Waals surface area contributed by atoms with Crippen molar-refractivity contribution in [1.82, 2.24) is 9.55 Å². The van der Waals surface area contributed by atoms with Crippen molar-refractivity contribution in [3.63, 3.8) is 0 Å². The van der Waals surface area contributed by atoms with E-state index in [1.54, 1.807) is 49.8 Å². The fourth-order valence-corrected chi connectivity index (χ4v) is 2.15. The Kier molecular flexibility index (Phi) is 4.14. The third kappa shape index (κ3) is 3.42. The molecule has 0 aliphatic carbocycles. The molecule has 3 aromatic rings. The average molecular weight is 312 g/mol. The fraction of sp³-hybridized carbons (Fsp3) is 0.176. The average Bonchev–Trinajstić information content (AvgIpc) is 2.94. The maximum absolute atomic E-state index is 11.9. The maximum atomic E-state index is 11.9. The first-order valence-corrected chi connectivity index (χ1v) is 7.04. The minimum Gasteiger partial charge on any atom is -0.497 e. The van der Waals surface area contributed by atoms with Crippen LogP contribution in [0.5, 0.6) is 17.2 Å². The molecule has 1 aromatic heterocycles. The Bertz CT molecular complexity index is 824. The van der Waals surface area contributed by atoms with E-state index in [4.69, 9.17) is 14.2 Å². The van der Waals surface area contributed by atoms with Crippen LogP contribution in [0.2, 0.25) is 0 Å². The van der Waals surface area contributed by atoms with E-state index in [0.717, 1.165) is 16.8 Å². The summed E-state index contributed by atoms with van der Waals surface area (Å²) in [7, 11) is 3.50. The molecule has 0 aliphatic heterocycles. The zero-order valence-electron chi connectivity index (χ0n) is 12.9. The van der Waals surface area contributed by atoms with Crippen LogP contribution in [0, 0.1) is 0 Å². The first-order valence-electron chi connectivity index (χ1n) is 7.04. The quantitative estimate of drug-likeness (QED) is 0.535. The van der Waals surface area contributed by atoms with Crippen LogP contribution in [-0.4, -0.2) is 29.2 Å². The van der Waals surface area contributed by atoms with E-state index >= 15 is 0 Å². The van der Waals surface area contributed by atoms with Crippen LogP contribution < -0.4 is 14.2 Å². The summed E-state index contributed by atoms with van der Waals surface area (Å²) in [5, 5.41) is 0. The number of aryl methyl sites for hydroxylation is 1. The summed E-state index contributed by atoms with van der Waals surface area (Å²) in [5.41, 5.74) is 1.74. The van der Waals surface area contributed by atoms with Gasteiger partial charge in [0.25, 0.3) is 0 Å². The lowest BCUT2D eigenvalue weighted by Crippen LogP contribution is -2.17. The van der Waals surface area contributed by atoms with Crippen LogP contribution in [-0.2, 0) is 11.8 Å². The van der Waals surface area contributed by atoms with E-state index in [9.17, 15) is 4.79 Å². The molecule has 23 heavy (non-hydrogen) atoms. The van der Waals surface area contributed by atoms with Gasteiger partial charge in [-0.05, 0) is 36.4 Å². The van der Waals surface area contributed by atoms with Crippen LogP contribution >= 0.6 is 0 Å². The molecule has 0 radical (unpaired) electrons. The molecule has 3 rings (SSSR count). The number of carbonyl (C=O) groups excluding carboxylic acids is 1. The van der Waals surface area contributed by atoms with E-state index < -0.39 is 5.97 Å². The van der Waals surface area contributed by atoms with Gasteiger partial charge in [-0.25, -0.2) is 9.78 Å². The Morgan fingerprint density at radius 2 is 1.78 bits per heavy atom. The molecule has 118 valence electrons. The summed E-state index contributed by atoms with van der Waals surface area (Å²) in [6, 6.07) is 12.3. The molecule has 0 unspecified atom stereocenters. The van der Waals surface area contributed by atoms with Crippen LogP contribution in [0.15, 0.2) is 48.8 Å². The predicted octanol–water partition coefficient (Wildman–Crippen LogP) is 2.57. The third-order valence-corrected chi connectivity index (χ3v) is 3.34. The Morgan fingerprint density at radius 3 is 2.52 bits per heavy atom. The van der Waals surface area contributed by atoms with Gasteiger partial charge in [-0.15, -0.1) is 0 Å². The monoisotopic (exact) mass is 312 g/mol. The van der Waals surface area contributed by atoms with Gasteiger partial charge in [-0.1, -0.05) is 0 Å². The number of aromatic nitrogens is 2. The number of fused-ring (bicyclic) bond motifs is 1. The van der Waals surface area contributed by atoms with Gasteiger partial charge in [0.2, 0.25) is 0 Å². The molecule has 0 fully saturated rings. The number of methoxy groups -OCH3 is 1. The van der Waals surface area contributed by atoms with Gasteiger partial charge in [-0.3, -0.25) is 0 Å². The normalized spacial score (nSPS) is 10.5. The van der Waals surface area contributed by atoms with Crippen molar-refractivity contribution in [1.29, 1.82) is 0 Å². The fourth-order valence-electron chi connectivity index (χ4n) is 2.15. The zero-order valence-corrected chi connectivity index (χ0v) is 12.9. The van der Waals surface area contributed by atoms with E-state index in [1.807, 2.05) is 17.7 Å². The molecule has 1 heterocycles. The summed E-state index contributed by atoms with van der Waals surface area (Å²) in [6.45, 7) is -0.174. The molecule has 0 saturated heterocycles. The van der Waals surface area contributed by atoms with E-state index in [1.165, 1.54) is 0 Å². The molecule has 0 aliphatic rings. The maximum Gasteiger partial charge on any atom is 0.349 e. The Morgan fingerprint density at radius 1 is 1.09 bits per heavy atom.